The zero-order chi connectivity index (χ0) is 9.61. The van der Waals surface area contributed by atoms with Crippen LogP contribution in [0.2, 0.25) is 0 Å². The van der Waals surface area contributed by atoms with Crippen molar-refractivity contribution in [2.75, 3.05) is 13.1 Å². The minimum absolute atomic E-state index is 0.490. The first-order valence-electron chi connectivity index (χ1n) is 4.91. The van der Waals surface area contributed by atoms with Gasteiger partial charge in [-0.2, -0.15) is 0 Å². The average molecular weight is 173 g/mol. The van der Waals surface area contributed by atoms with Gasteiger partial charge in [0.2, 0.25) is 0 Å². The van der Waals surface area contributed by atoms with Crippen LogP contribution < -0.4 is 5.32 Å². The fraction of sp³-hybridized carbons (Fsp3) is 1.00. The van der Waals surface area contributed by atoms with Crippen LogP contribution in [0.4, 0.5) is 0 Å². The van der Waals surface area contributed by atoms with Gasteiger partial charge in [0.15, 0.2) is 0 Å². The maximum atomic E-state index is 9.87. The smallest absolute Gasteiger partial charge is 0.0634 e. The average Bonchev–Trinajstić information content (AvgIpc) is 1.84. The van der Waals surface area contributed by atoms with E-state index in [2.05, 4.69) is 26.1 Å². The Labute approximate surface area is 76.4 Å². The van der Waals surface area contributed by atoms with Crippen LogP contribution in [-0.2, 0) is 0 Å². The van der Waals surface area contributed by atoms with Gasteiger partial charge in [-0.3, -0.25) is 0 Å². The molecule has 0 amide bonds. The predicted molar refractivity (Wildman–Crippen MR) is 53.2 cm³/mol. The Morgan fingerprint density at radius 1 is 1.42 bits per heavy atom. The highest BCUT2D eigenvalue weighted by Gasteiger charge is 2.20. The summed E-state index contributed by atoms with van der Waals surface area (Å²) in [6.07, 6.45) is 1.73. The van der Waals surface area contributed by atoms with Gasteiger partial charge < -0.3 is 10.4 Å². The summed E-state index contributed by atoms with van der Waals surface area (Å²) in [5, 5.41) is 13.1. The van der Waals surface area contributed by atoms with Gasteiger partial charge in [0, 0.05) is 0 Å². The van der Waals surface area contributed by atoms with Crippen molar-refractivity contribution in [3.63, 3.8) is 0 Å². The number of nitrogens with one attached hydrogen (secondary N) is 1. The Bertz CT molecular complexity index is 110. The third-order valence-corrected chi connectivity index (χ3v) is 1.94. The first kappa shape index (κ1) is 11.9. The van der Waals surface area contributed by atoms with Crippen LogP contribution in [-0.4, -0.2) is 23.8 Å². The standard InChI is InChI=1S/C10H23NO/c1-5-11-7-6-10(4,12)8-9(2)3/h9,11-12H,5-8H2,1-4H3. The third kappa shape index (κ3) is 6.62. The van der Waals surface area contributed by atoms with Gasteiger partial charge in [-0.05, 0) is 38.8 Å². The second-order valence-electron chi connectivity index (χ2n) is 4.20. The molecule has 12 heavy (non-hydrogen) atoms. The van der Waals surface area contributed by atoms with E-state index >= 15 is 0 Å². The highest BCUT2D eigenvalue weighted by atomic mass is 16.3. The van der Waals surface area contributed by atoms with Gasteiger partial charge in [0.1, 0.15) is 0 Å². The summed E-state index contributed by atoms with van der Waals surface area (Å²) in [6.45, 7) is 10.2. The molecule has 0 rings (SSSR count). The highest BCUT2D eigenvalue weighted by Crippen LogP contribution is 2.19. The van der Waals surface area contributed by atoms with Crippen LogP contribution in [0, 0.1) is 5.92 Å². The molecule has 0 heterocycles. The van der Waals surface area contributed by atoms with E-state index in [4.69, 9.17) is 0 Å². The molecule has 1 unspecified atom stereocenters. The van der Waals surface area contributed by atoms with Crippen molar-refractivity contribution >= 4 is 0 Å². The van der Waals surface area contributed by atoms with Crippen molar-refractivity contribution in [3.05, 3.63) is 0 Å². The molecule has 0 spiro atoms. The molecule has 0 saturated carbocycles. The van der Waals surface area contributed by atoms with Crippen LogP contribution in [0.5, 0.6) is 0 Å². The lowest BCUT2D eigenvalue weighted by Gasteiger charge is -2.25. The maximum Gasteiger partial charge on any atom is 0.0634 e. The Hall–Kier alpha value is -0.0800. The molecule has 2 N–H and O–H groups in total. The second kappa shape index (κ2) is 5.55. The van der Waals surface area contributed by atoms with Crippen molar-refractivity contribution in [3.8, 4) is 0 Å². The molecule has 74 valence electrons. The van der Waals surface area contributed by atoms with Crippen molar-refractivity contribution in [2.24, 2.45) is 5.92 Å². The zero-order valence-electron chi connectivity index (χ0n) is 8.85. The summed E-state index contributed by atoms with van der Waals surface area (Å²) in [6, 6.07) is 0. The normalized spacial score (nSPS) is 16.5. The molecule has 0 aromatic rings. The molecule has 0 fully saturated rings. The lowest BCUT2D eigenvalue weighted by molar-refractivity contribution is 0.0304. The topological polar surface area (TPSA) is 32.3 Å². The van der Waals surface area contributed by atoms with E-state index in [9.17, 15) is 5.11 Å². The number of aliphatic hydroxyl groups is 1. The maximum absolute atomic E-state index is 9.87. The minimum atomic E-state index is -0.490. The van der Waals surface area contributed by atoms with Gasteiger partial charge in [0.05, 0.1) is 5.60 Å². The molecule has 0 bridgehead atoms. The van der Waals surface area contributed by atoms with Gasteiger partial charge in [-0.25, -0.2) is 0 Å². The number of rotatable bonds is 6. The predicted octanol–water partition coefficient (Wildman–Crippen LogP) is 1.78. The molecular weight excluding hydrogens is 150 g/mol. The lowest BCUT2D eigenvalue weighted by atomic mass is 9.91. The van der Waals surface area contributed by atoms with E-state index < -0.39 is 5.60 Å². The Morgan fingerprint density at radius 3 is 2.42 bits per heavy atom. The van der Waals surface area contributed by atoms with E-state index in [0.717, 1.165) is 25.9 Å². The first-order chi connectivity index (χ1) is 5.48. The lowest BCUT2D eigenvalue weighted by Crippen LogP contribution is -2.31. The first-order valence-corrected chi connectivity index (χ1v) is 4.91. The fourth-order valence-corrected chi connectivity index (χ4v) is 1.52. The minimum Gasteiger partial charge on any atom is -0.390 e. The van der Waals surface area contributed by atoms with Crippen molar-refractivity contribution in [1.82, 2.24) is 5.32 Å². The third-order valence-electron chi connectivity index (χ3n) is 1.94. The van der Waals surface area contributed by atoms with Crippen LogP contribution >= 0.6 is 0 Å². The fourth-order valence-electron chi connectivity index (χ4n) is 1.52. The quantitative estimate of drug-likeness (QED) is 0.600. The summed E-state index contributed by atoms with van der Waals surface area (Å²) in [5.74, 6) is 0.571. The van der Waals surface area contributed by atoms with Gasteiger partial charge in [0.25, 0.3) is 0 Å². The SMILES string of the molecule is CCNCCC(C)(O)CC(C)C. The summed E-state index contributed by atoms with van der Waals surface area (Å²) in [5.41, 5.74) is -0.490. The molecule has 2 heteroatoms. The van der Waals surface area contributed by atoms with Crippen molar-refractivity contribution < 1.29 is 5.11 Å². The van der Waals surface area contributed by atoms with E-state index in [1.165, 1.54) is 0 Å². The molecule has 1 atom stereocenters. The van der Waals surface area contributed by atoms with E-state index in [1.54, 1.807) is 0 Å². The number of hydrogen-bond donors (Lipinski definition) is 2. The monoisotopic (exact) mass is 173 g/mol. The summed E-state index contributed by atoms with van der Waals surface area (Å²) in [4.78, 5) is 0. The van der Waals surface area contributed by atoms with E-state index in [1.807, 2.05) is 6.92 Å². The van der Waals surface area contributed by atoms with Gasteiger partial charge in [-0.15, -0.1) is 0 Å². The van der Waals surface area contributed by atoms with Crippen molar-refractivity contribution in [1.29, 1.82) is 0 Å². The molecule has 0 aliphatic rings. The molecule has 0 aliphatic carbocycles. The number of hydrogen-bond acceptors (Lipinski definition) is 2. The van der Waals surface area contributed by atoms with Gasteiger partial charge in [-0.1, -0.05) is 20.8 Å². The summed E-state index contributed by atoms with van der Waals surface area (Å²) in [7, 11) is 0. The van der Waals surface area contributed by atoms with Crippen LogP contribution in [0.15, 0.2) is 0 Å². The molecule has 2 nitrogen and oxygen atoms in total. The molecule has 0 radical (unpaired) electrons. The molecular formula is C10H23NO. The summed E-state index contributed by atoms with van der Waals surface area (Å²) < 4.78 is 0. The zero-order valence-corrected chi connectivity index (χ0v) is 8.85. The van der Waals surface area contributed by atoms with E-state index in [0.29, 0.717) is 5.92 Å². The highest BCUT2D eigenvalue weighted by molar-refractivity contribution is 4.74. The molecule has 0 aliphatic heterocycles. The second-order valence-corrected chi connectivity index (χ2v) is 4.20. The van der Waals surface area contributed by atoms with Gasteiger partial charge >= 0.3 is 0 Å². The largest absolute Gasteiger partial charge is 0.390 e. The van der Waals surface area contributed by atoms with E-state index in [-0.39, 0.29) is 0 Å². The molecule has 0 saturated heterocycles. The molecule has 0 aromatic carbocycles. The summed E-state index contributed by atoms with van der Waals surface area (Å²) >= 11 is 0. The molecule has 0 aromatic heterocycles. The van der Waals surface area contributed by atoms with Crippen LogP contribution in [0.3, 0.4) is 0 Å². The van der Waals surface area contributed by atoms with Crippen LogP contribution in [0.25, 0.3) is 0 Å². The van der Waals surface area contributed by atoms with Crippen LogP contribution in [0.1, 0.15) is 40.5 Å². The Kier molecular flexibility index (Phi) is 5.51. The Morgan fingerprint density at radius 2 is 2.00 bits per heavy atom. The van der Waals surface area contributed by atoms with Crippen molar-refractivity contribution in [2.45, 2.75) is 46.1 Å². The Balaban J connectivity index is 3.56.